The predicted octanol–water partition coefficient (Wildman–Crippen LogP) is 4.23. The molecule has 1 atom stereocenters. The van der Waals surface area contributed by atoms with Crippen LogP contribution in [-0.4, -0.2) is 5.11 Å². The van der Waals surface area contributed by atoms with Crippen LogP contribution in [-0.2, 0) is 0 Å². The van der Waals surface area contributed by atoms with E-state index in [2.05, 4.69) is 0 Å². The lowest BCUT2D eigenvalue weighted by atomic mass is 10.1. The van der Waals surface area contributed by atoms with Crippen molar-refractivity contribution in [3.63, 3.8) is 0 Å². The lowest BCUT2D eigenvalue weighted by molar-refractivity contribution is 0.141. The van der Waals surface area contributed by atoms with Crippen LogP contribution >= 0.6 is 11.6 Å². The number of halogens is 1. The minimum Gasteiger partial charge on any atom is -0.457 e. The molecule has 0 radical (unpaired) electrons. The number of hydrogen-bond acceptors (Lipinski definition) is 2. The van der Waals surface area contributed by atoms with Crippen molar-refractivity contribution in [2.45, 2.75) is 32.8 Å². The van der Waals surface area contributed by atoms with Crippen LogP contribution in [0.2, 0.25) is 5.02 Å². The summed E-state index contributed by atoms with van der Waals surface area (Å²) in [7, 11) is 0. The molecule has 1 unspecified atom stereocenters. The van der Waals surface area contributed by atoms with E-state index < -0.39 is 6.10 Å². The Labute approximate surface area is 99.8 Å². The molecule has 1 aromatic carbocycles. The molecular weight excluding hydrogens is 224 g/mol. The highest BCUT2D eigenvalue weighted by molar-refractivity contribution is 6.34. The van der Waals surface area contributed by atoms with Crippen LogP contribution in [0.1, 0.15) is 37.2 Å². The first-order valence-electron chi connectivity index (χ1n) is 5.50. The van der Waals surface area contributed by atoms with Gasteiger partial charge in [-0.1, -0.05) is 31.0 Å². The van der Waals surface area contributed by atoms with E-state index in [1.165, 1.54) is 0 Å². The molecule has 86 valence electrons. The zero-order valence-corrected chi connectivity index (χ0v) is 10.2. The molecule has 0 amide bonds. The van der Waals surface area contributed by atoms with Crippen molar-refractivity contribution >= 4 is 22.6 Å². The molecule has 0 aliphatic carbocycles. The molecule has 1 heterocycles. The molecule has 0 bridgehead atoms. The second kappa shape index (κ2) is 4.48. The molecule has 16 heavy (non-hydrogen) atoms. The van der Waals surface area contributed by atoms with Crippen molar-refractivity contribution < 1.29 is 9.52 Å². The standard InChI is InChI=1S/C13H15ClO2/c1-3-4-11(15)12-7-9-8(2)5-6-10(14)13(9)16-12/h5-7,11,15H,3-4H2,1-2H3. The van der Waals surface area contributed by atoms with Crippen LogP contribution in [0.15, 0.2) is 22.6 Å². The van der Waals surface area contributed by atoms with E-state index in [-0.39, 0.29) is 0 Å². The zero-order chi connectivity index (χ0) is 11.7. The minimum atomic E-state index is -0.534. The van der Waals surface area contributed by atoms with Gasteiger partial charge in [-0.15, -0.1) is 0 Å². The molecule has 0 saturated heterocycles. The quantitative estimate of drug-likeness (QED) is 0.868. The van der Waals surface area contributed by atoms with E-state index in [0.717, 1.165) is 17.4 Å². The maximum Gasteiger partial charge on any atom is 0.153 e. The van der Waals surface area contributed by atoms with E-state index in [1.807, 2.05) is 32.0 Å². The van der Waals surface area contributed by atoms with Gasteiger partial charge in [-0.05, 0) is 31.0 Å². The van der Waals surface area contributed by atoms with E-state index in [1.54, 1.807) is 0 Å². The monoisotopic (exact) mass is 238 g/mol. The smallest absolute Gasteiger partial charge is 0.153 e. The molecule has 0 spiro atoms. The Balaban J connectivity index is 2.51. The van der Waals surface area contributed by atoms with Gasteiger partial charge in [0.25, 0.3) is 0 Å². The number of fused-ring (bicyclic) bond motifs is 1. The molecular formula is C13H15ClO2. The molecule has 2 nitrogen and oxygen atoms in total. The molecule has 0 aliphatic heterocycles. The van der Waals surface area contributed by atoms with Gasteiger partial charge < -0.3 is 9.52 Å². The third kappa shape index (κ3) is 1.95. The molecule has 1 N–H and O–H groups in total. The average Bonchev–Trinajstić information content (AvgIpc) is 2.70. The molecule has 0 fully saturated rings. The van der Waals surface area contributed by atoms with Crippen molar-refractivity contribution in [1.82, 2.24) is 0 Å². The van der Waals surface area contributed by atoms with Crippen LogP contribution < -0.4 is 0 Å². The second-order valence-electron chi connectivity index (χ2n) is 4.06. The first-order valence-corrected chi connectivity index (χ1v) is 5.88. The second-order valence-corrected chi connectivity index (χ2v) is 4.47. The van der Waals surface area contributed by atoms with Crippen LogP contribution in [0.3, 0.4) is 0 Å². The number of benzene rings is 1. The van der Waals surface area contributed by atoms with Crippen molar-refractivity contribution in [2.75, 3.05) is 0 Å². The lowest BCUT2D eigenvalue weighted by Crippen LogP contribution is -1.93. The average molecular weight is 239 g/mol. The van der Waals surface area contributed by atoms with E-state index in [4.69, 9.17) is 16.0 Å². The van der Waals surface area contributed by atoms with Gasteiger partial charge in [0.05, 0.1) is 5.02 Å². The van der Waals surface area contributed by atoms with Crippen LogP contribution in [0, 0.1) is 6.92 Å². The number of aliphatic hydroxyl groups excluding tert-OH is 1. The van der Waals surface area contributed by atoms with Gasteiger partial charge in [0.2, 0.25) is 0 Å². The van der Waals surface area contributed by atoms with Gasteiger partial charge >= 0.3 is 0 Å². The van der Waals surface area contributed by atoms with E-state index >= 15 is 0 Å². The summed E-state index contributed by atoms with van der Waals surface area (Å²) in [6.07, 6.45) is 1.09. The molecule has 1 aromatic heterocycles. The Morgan fingerprint density at radius 2 is 2.19 bits per heavy atom. The zero-order valence-electron chi connectivity index (χ0n) is 9.46. The maximum atomic E-state index is 9.87. The summed E-state index contributed by atoms with van der Waals surface area (Å²) in [6, 6.07) is 5.66. The fraction of sp³-hybridized carbons (Fsp3) is 0.385. The Hall–Kier alpha value is -0.990. The largest absolute Gasteiger partial charge is 0.457 e. The SMILES string of the molecule is CCCC(O)c1cc2c(C)ccc(Cl)c2o1. The van der Waals surface area contributed by atoms with Crippen molar-refractivity contribution in [3.8, 4) is 0 Å². The lowest BCUT2D eigenvalue weighted by Gasteiger charge is -2.03. The molecule has 3 heteroatoms. The van der Waals surface area contributed by atoms with Gasteiger partial charge in [0, 0.05) is 5.39 Å². The highest BCUT2D eigenvalue weighted by atomic mass is 35.5. The first-order chi connectivity index (χ1) is 7.63. The van der Waals surface area contributed by atoms with Crippen LogP contribution in [0.5, 0.6) is 0 Å². The first kappa shape index (κ1) is 11.5. The fourth-order valence-corrected chi connectivity index (χ4v) is 2.03. The number of aliphatic hydroxyl groups is 1. The predicted molar refractivity (Wildman–Crippen MR) is 65.8 cm³/mol. The van der Waals surface area contributed by atoms with Crippen LogP contribution in [0.4, 0.5) is 0 Å². The molecule has 0 saturated carbocycles. The van der Waals surface area contributed by atoms with Gasteiger partial charge in [-0.3, -0.25) is 0 Å². The summed E-state index contributed by atoms with van der Waals surface area (Å²) in [5, 5.41) is 11.4. The van der Waals surface area contributed by atoms with Crippen molar-refractivity contribution in [1.29, 1.82) is 0 Å². The summed E-state index contributed by atoms with van der Waals surface area (Å²) < 4.78 is 5.61. The molecule has 2 rings (SSSR count). The Morgan fingerprint density at radius 1 is 1.44 bits per heavy atom. The molecule has 0 aliphatic rings. The maximum absolute atomic E-state index is 9.87. The summed E-state index contributed by atoms with van der Waals surface area (Å²) >= 11 is 6.05. The minimum absolute atomic E-state index is 0.534. The van der Waals surface area contributed by atoms with Crippen LogP contribution in [0.25, 0.3) is 11.0 Å². The Bertz CT molecular complexity index is 463. The highest BCUT2D eigenvalue weighted by Crippen LogP contribution is 2.32. The van der Waals surface area contributed by atoms with Gasteiger partial charge in [-0.25, -0.2) is 0 Å². The Morgan fingerprint density at radius 3 is 2.81 bits per heavy atom. The normalized spacial score (nSPS) is 13.2. The van der Waals surface area contributed by atoms with Crippen molar-refractivity contribution in [2.24, 2.45) is 0 Å². The third-order valence-corrected chi connectivity index (χ3v) is 3.06. The molecule has 2 aromatic rings. The van der Waals surface area contributed by atoms with E-state index in [0.29, 0.717) is 22.8 Å². The summed E-state index contributed by atoms with van der Waals surface area (Å²) in [5.41, 5.74) is 1.78. The van der Waals surface area contributed by atoms with Gasteiger partial charge in [-0.2, -0.15) is 0 Å². The number of rotatable bonds is 3. The third-order valence-electron chi connectivity index (χ3n) is 2.76. The summed E-state index contributed by atoms with van der Waals surface area (Å²) in [5.74, 6) is 0.605. The Kier molecular flexibility index (Phi) is 3.22. The number of hydrogen-bond donors (Lipinski definition) is 1. The number of aryl methyl sites for hydroxylation is 1. The summed E-state index contributed by atoms with van der Waals surface area (Å²) in [6.45, 7) is 4.04. The van der Waals surface area contributed by atoms with E-state index in [9.17, 15) is 5.11 Å². The number of furan rings is 1. The highest BCUT2D eigenvalue weighted by Gasteiger charge is 2.15. The fourth-order valence-electron chi connectivity index (χ4n) is 1.82. The topological polar surface area (TPSA) is 33.4 Å². The summed E-state index contributed by atoms with van der Waals surface area (Å²) in [4.78, 5) is 0. The van der Waals surface area contributed by atoms with Gasteiger partial charge in [0.15, 0.2) is 5.58 Å². The van der Waals surface area contributed by atoms with Crippen molar-refractivity contribution in [3.05, 3.63) is 34.5 Å². The van der Waals surface area contributed by atoms with Gasteiger partial charge in [0.1, 0.15) is 11.9 Å².